The molecule has 18 heavy (non-hydrogen) atoms. The number of nitrogens with one attached hydrogen (secondary N) is 1. The number of thioether (sulfide) groups is 1. The fourth-order valence-electron chi connectivity index (χ4n) is 1.55. The number of nitrogens with two attached hydrogens (primary N) is 1. The lowest BCUT2D eigenvalue weighted by Gasteiger charge is -2.12. The van der Waals surface area contributed by atoms with Crippen molar-refractivity contribution >= 4 is 17.6 Å². The second-order valence-electron chi connectivity index (χ2n) is 4.84. The average Bonchev–Trinajstić information content (AvgIpc) is 2.32. The van der Waals surface area contributed by atoms with Crippen LogP contribution in [0.1, 0.15) is 45.0 Å². The zero-order valence-corrected chi connectivity index (χ0v) is 12.6. The van der Waals surface area contributed by atoms with Crippen LogP contribution >= 0.6 is 11.8 Å². The van der Waals surface area contributed by atoms with Crippen molar-refractivity contribution in [2.45, 2.75) is 52.0 Å². The summed E-state index contributed by atoms with van der Waals surface area (Å²) in [5, 5.41) is 1.06. The van der Waals surface area contributed by atoms with Crippen molar-refractivity contribution < 1.29 is 0 Å². The van der Waals surface area contributed by atoms with Crippen molar-refractivity contribution in [1.29, 1.82) is 0 Å². The smallest absolute Gasteiger partial charge is 0.147 e. The second-order valence-corrected chi connectivity index (χ2v) is 5.93. The van der Waals surface area contributed by atoms with Gasteiger partial charge >= 0.3 is 0 Å². The minimum absolute atomic E-state index is 0.724. The Bertz CT molecular complexity index is 379. The lowest BCUT2D eigenvalue weighted by Crippen LogP contribution is -2.13. The van der Waals surface area contributed by atoms with E-state index in [1.54, 1.807) is 11.8 Å². The number of anilines is 1. The van der Waals surface area contributed by atoms with E-state index in [0.29, 0.717) is 0 Å². The van der Waals surface area contributed by atoms with Crippen LogP contribution in [0.4, 0.5) is 5.82 Å². The van der Waals surface area contributed by atoms with Gasteiger partial charge in [-0.15, -0.1) is 11.8 Å². The molecule has 0 saturated carbocycles. The summed E-state index contributed by atoms with van der Waals surface area (Å²) in [5.74, 6) is 8.95. The topological polar surface area (TPSA) is 63.8 Å². The third-order valence-electron chi connectivity index (χ3n) is 2.69. The molecule has 0 atom stereocenters. The van der Waals surface area contributed by atoms with Gasteiger partial charge in [-0.25, -0.2) is 15.8 Å². The first-order chi connectivity index (χ1) is 8.58. The van der Waals surface area contributed by atoms with Crippen molar-refractivity contribution in [2.75, 3.05) is 11.2 Å². The first kappa shape index (κ1) is 15.2. The molecule has 0 amide bonds. The quantitative estimate of drug-likeness (QED) is 0.344. The third kappa shape index (κ3) is 4.46. The Kier molecular flexibility index (Phi) is 6.43. The molecule has 0 aliphatic rings. The molecule has 1 aromatic heterocycles. The summed E-state index contributed by atoms with van der Waals surface area (Å²) in [6, 6.07) is 0. The standard InChI is InChI=1S/C13H24N4S/c1-5-6-11-15-12(17-14)10(4)13(16-11)18-8-7-9(2)3/h9H,5-8,14H2,1-4H3,(H,15,16,17). The number of aromatic nitrogens is 2. The number of nitrogens with zero attached hydrogens (tertiary/aromatic N) is 2. The fourth-order valence-corrected chi connectivity index (χ4v) is 2.81. The third-order valence-corrected chi connectivity index (χ3v) is 3.80. The highest BCUT2D eigenvalue weighted by atomic mass is 32.2. The second kappa shape index (κ2) is 7.59. The molecule has 0 bridgehead atoms. The van der Waals surface area contributed by atoms with Gasteiger partial charge in [-0.05, 0) is 31.4 Å². The highest BCUT2D eigenvalue weighted by molar-refractivity contribution is 7.99. The van der Waals surface area contributed by atoms with Gasteiger partial charge in [0.05, 0.1) is 0 Å². The van der Waals surface area contributed by atoms with Crippen LogP contribution in [-0.2, 0) is 6.42 Å². The maximum Gasteiger partial charge on any atom is 0.147 e. The van der Waals surface area contributed by atoms with Crippen molar-refractivity contribution in [3.63, 3.8) is 0 Å². The molecular weight excluding hydrogens is 244 g/mol. The molecule has 102 valence electrons. The predicted octanol–water partition coefficient (Wildman–Crippen LogP) is 3.16. The summed E-state index contributed by atoms with van der Waals surface area (Å²) < 4.78 is 0. The zero-order chi connectivity index (χ0) is 13.5. The molecule has 0 aliphatic carbocycles. The van der Waals surface area contributed by atoms with E-state index in [4.69, 9.17) is 5.84 Å². The summed E-state index contributed by atoms with van der Waals surface area (Å²) in [4.78, 5) is 9.05. The van der Waals surface area contributed by atoms with Gasteiger partial charge in [0.15, 0.2) is 0 Å². The molecule has 0 unspecified atom stereocenters. The van der Waals surface area contributed by atoms with Gasteiger partial charge in [0.1, 0.15) is 16.7 Å². The van der Waals surface area contributed by atoms with E-state index in [9.17, 15) is 0 Å². The molecule has 0 radical (unpaired) electrons. The monoisotopic (exact) mass is 268 g/mol. The summed E-state index contributed by atoms with van der Waals surface area (Å²) in [6.45, 7) is 8.62. The molecule has 0 aromatic carbocycles. The van der Waals surface area contributed by atoms with E-state index in [2.05, 4.69) is 36.2 Å². The van der Waals surface area contributed by atoms with Gasteiger partial charge < -0.3 is 5.43 Å². The van der Waals surface area contributed by atoms with E-state index >= 15 is 0 Å². The molecule has 3 N–H and O–H groups in total. The molecule has 5 heteroatoms. The molecule has 0 spiro atoms. The molecule has 1 aromatic rings. The van der Waals surface area contributed by atoms with Gasteiger partial charge in [-0.1, -0.05) is 20.8 Å². The van der Waals surface area contributed by atoms with Crippen molar-refractivity contribution in [1.82, 2.24) is 9.97 Å². The Hall–Kier alpha value is -0.810. The molecule has 4 nitrogen and oxygen atoms in total. The van der Waals surface area contributed by atoms with Gasteiger partial charge in [0.2, 0.25) is 0 Å². The minimum atomic E-state index is 0.724. The van der Waals surface area contributed by atoms with Crippen LogP contribution in [0.5, 0.6) is 0 Å². The van der Waals surface area contributed by atoms with Gasteiger partial charge in [-0.3, -0.25) is 0 Å². The number of rotatable bonds is 7. The van der Waals surface area contributed by atoms with Gasteiger partial charge in [0.25, 0.3) is 0 Å². The first-order valence-corrected chi connectivity index (χ1v) is 7.54. The predicted molar refractivity (Wildman–Crippen MR) is 78.8 cm³/mol. The van der Waals surface area contributed by atoms with Crippen LogP contribution in [0.3, 0.4) is 0 Å². The van der Waals surface area contributed by atoms with Gasteiger partial charge in [-0.2, -0.15) is 0 Å². The summed E-state index contributed by atoms with van der Waals surface area (Å²) in [7, 11) is 0. The molecule has 1 heterocycles. The Morgan fingerprint density at radius 3 is 2.61 bits per heavy atom. The maximum absolute atomic E-state index is 5.51. The fraction of sp³-hybridized carbons (Fsp3) is 0.692. The van der Waals surface area contributed by atoms with Crippen LogP contribution in [0, 0.1) is 12.8 Å². The van der Waals surface area contributed by atoms with Crippen molar-refractivity contribution in [2.24, 2.45) is 11.8 Å². The number of hydrogen-bond donors (Lipinski definition) is 2. The Morgan fingerprint density at radius 1 is 1.33 bits per heavy atom. The molecule has 0 aliphatic heterocycles. The SMILES string of the molecule is CCCc1nc(NN)c(C)c(SCCC(C)C)n1. The van der Waals surface area contributed by atoms with E-state index in [-0.39, 0.29) is 0 Å². The molecule has 0 fully saturated rings. The summed E-state index contributed by atoms with van der Waals surface area (Å²) >= 11 is 1.80. The van der Waals surface area contributed by atoms with Crippen molar-refractivity contribution in [3.05, 3.63) is 11.4 Å². The normalized spacial score (nSPS) is 11.0. The van der Waals surface area contributed by atoms with Crippen LogP contribution < -0.4 is 11.3 Å². The summed E-state index contributed by atoms with van der Waals surface area (Å²) in [5.41, 5.74) is 3.72. The number of hydrazine groups is 1. The van der Waals surface area contributed by atoms with E-state index in [1.165, 1.54) is 6.42 Å². The lowest BCUT2D eigenvalue weighted by atomic mass is 10.2. The van der Waals surface area contributed by atoms with Crippen molar-refractivity contribution in [3.8, 4) is 0 Å². The Balaban J connectivity index is 2.83. The molecule has 1 rings (SSSR count). The highest BCUT2D eigenvalue weighted by Gasteiger charge is 2.10. The zero-order valence-electron chi connectivity index (χ0n) is 11.8. The average molecular weight is 268 g/mol. The Labute approximate surface area is 114 Å². The van der Waals surface area contributed by atoms with E-state index in [1.807, 2.05) is 6.92 Å². The minimum Gasteiger partial charge on any atom is -0.308 e. The number of hydrogen-bond acceptors (Lipinski definition) is 5. The van der Waals surface area contributed by atoms with Crippen LogP contribution in [0.2, 0.25) is 0 Å². The summed E-state index contributed by atoms with van der Waals surface area (Å²) in [6.07, 6.45) is 3.14. The maximum atomic E-state index is 5.51. The number of nitrogen functional groups attached to an aromatic ring is 1. The Morgan fingerprint density at radius 2 is 2.06 bits per heavy atom. The highest BCUT2D eigenvalue weighted by Crippen LogP contribution is 2.26. The van der Waals surface area contributed by atoms with E-state index < -0.39 is 0 Å². The number of aryl methyl sites for hydroxylation is 1. The van der Waals surface area contributed by atoms with Crippen LogP contribution in [0.15, 0.2) is 5.03 Å². The molecule has 0 saturated heterocycles. The van der Waals surface area contributed by atoms with E-state index in [0.717, 1.165) is 46.7 Å². The van der Waals surface area contributed by atoms with Gasteiger partial charge in [0, 0.05) is 12.0 Å². The first-order valence-electron chi connectivity index (χ1n) is 6.55. The largest absolute Gasteiger partial charge is 0.308 e. The van der Waals surface area contributed by atoms with Crippen LogP contribution in [0.25, 0.3) is 0 Å². The van der Waals surface area contributed by atoms with Crippen LogP contribution in [-0.4, -0.2) is 15.7 Å². The lowest BCUT2D eigenvalue weighted by molar-refractivity contribution is 0.631. The molecular formula is C13H24N4S.